The van der Waals surface area contributed by atoms with E-state index >= 15 is 0 Å². The van der Waals surface area contributed by atoms with Gasteiger partial charge in [0.25, 0.3) is 11.1 Å². The van der Waals surface area contributed by atoms with E-state index in [1.165, 1.54) is 0 Å². The Balaban J connectivity index is 1.85. The van der Waals surface area contributed by atoms with Crippen molar-refractivity contribution in [3.8, 4) is 0 Å². The Hall–Kier alpha value is -1.83. The largest absolute Gasteiger partial charge is 0.353 e. The van der Waals surface area contributed by atoms with E-state index in [9.17, 15) is 14.4 Å². The zero-order valence-corrected chi connectivity index (χ0v) is 17.1. The van der Waals surface area contributed by atoms with Gasteiger partial charge in [0.05, 0.1) is 11.4 Å². The number of amides is 3. The first-order valence-corrected chi connectivity index (χ1v) is 10.1. The minimum absolute atomic E-state index is 0.118. The third-order valence-corrected chi connectivity index (χ3v) is 5.28. The molecule has 1 aromatic carbocycles. The number of imide groups is 1. The number of halogens is 1. The van der Waals surface area contributed by atoms with E-state index in [0.717, 1.165) is 36.0 Å². The molecule has 8 heteroatoms. The van der Waals surface area contributed by atoms with Crippen LogP contribution in [-0.2, 0) is 9.59 Å². The van der Waals surface area contributed by atoms with Gasteiger partial charge < -0.3 is 5.32 Å². The molecule has 0 bridgehead atoms. The van der Waals surface area contributed by atoms with Crippen LogP contribution in [0.15, 0.2) is 29.2 Å². The fourth-order valence-electron chi connectivity index (χ4n) is 2.54. The van der Waals surface area contributed by atoms with Crippen molar-refractivity contribution in [3.05, 3.63) is 39.8 Å². The molecule has 1 heterocycles. The van der Waals surface area contributed by atoms with Crippen LogP contribution in [0.2, 0.25) is 5.02 Å². The third-order valence-electron chi connectivity index (χ3n) is 4.03. The van der Waals surface area contributed by atoms with E-state index in [0.29, 0.717) is 22.0 Å². The van der Waals surface area contributed by atoms with Crippen molar-refractivity contribution in [1.82, 2.24) is 15.1 Å². The summed E-state index contributed by atoms with van der Waals surface area (Å²) in [5, 5.41) is 2.93. The van der Waals surface area contributed by atoms with Gasteiger partial charge in [-0.25, -0.2) is 0 Å². The van der Waals surface area contributed by atoms with Gasteiger partial charge in [0.2, 0.25) is 5.91 Å². The predicted octanol–water partition coefficient (Wildman–Crippen LogP) is 3.22. The Labute approximate surface area is 168 Å². The summed E-state index contributed by atoms with van der Waals surface area (Å²) in [7, 11) is 1.89. The zero-order valence-electron chi connectivity index (χ0n) is 15.5. The topological polar surface area (TPSA) is 69.7 Å². The van der Waals surface area contributed by atoms with Crippen molar-refractivity contribution in [1.29, 1.82) is 0 Å². The van der Waals surface area contributed by atoms with E-state index in [2.05, 4.69) is 12.2 Å². The molecule has 0 saturated carbocycles. The van der Waals surface area contributed by atoms with Gasteiger partial charge in [-0.1, -0.05) is 43.1 Å². The first-order valence-electron chi connectivity index (χ1n) is 8.87. The summed E-state index contributed by atoms with van der Waals surface area (Å²) in [5.74, 6) is -0.480. The number of nitrogens with zero attached hydrogens (tertiary/aromatic N) is 2. The second kappa shape index (κ2) is 10.5. The Morgan fingerprint density at radius 1 is 1.33 bits per heavy atom. The maximum Gasteiger partial charge on any atom is 0.293 e. The van der Waals surface area contributed by atoms with Crippen LogP contribution in [0, 0.1) is 0 Å². The van der Waals surface area contributed by atoms with Crippen molar-refractivity contribution in [2.24, 2.45) is 0 Å². The monoisotopic (exact) mass is 409 g/mol. The average molecular weight is 410 g/mol. The Bertz CT molecular complexity index is 739. The van der Waals surface area contributed by atoms with Crippen LogP contribution in [0.5, 0.6) is 0 Å². The summed E-state index contributed by atoms with van der Waals surface area (Å²) in [4.78, 5) is 39.9. The molecule has 0 aromatic heterocycles. The van der Waals surface area contributed by atoms with Gasteiger partial charge in [-0.15, -0.1) is 0 Å². The highest BCUT2D eigenvalue weighted by atomic mass is 35.5. The van der Waals surface area contributed by atoms with Gasteiger partial charge >= 0.3 is 0 Å². The Morgan fingerprint density at radius 3 is 2.78 bits per heavy atom. The molecular weight excluding hydrogens is 386 g/mol. The lowest BCUT2D eigenvalue weighted by Gasteiger charge is -2.17. The van der Waals surface area contributed by atoms with Crippen LogP contribution in [0.3, 0.4) is 0 Å². The van der Waals surface area contributed by atoms with Gasteiger partial charge in [-0.2, -0.15) is 0 Å². The molecule has 0 radical (unpaired) electrons. The maximum absolute atomic E-state index is 12.5. The number of thioether (sulfide) groups is 1. The van der Waals surface area contributed by atoms with E-state index in [1.54, 1.807) is 24.3 Å². The number of carbonyl (C=O) groups is 3. The zero-order chi connectivity index (χ0) is 19.8. The van der Waals surface area contributed by atoms with Crippen LogP contribution in [0.1, 0.15) is 25.3 Å². The van der Waals surface area contributed by atoms with Crippen molar-refractivity contribution < 1.29 is 14.4 Å². The van der Waals surface area contributed by atoms with Gasteiger partial charge in [-0.3, -0.25) is 24.2 Å². The minimum Gasteiger partial charge on any atom is -0.353 e. The predicted molar refractivity (Wildman–Crippen MR) is 110 cm³/mol. The molecule has 0 atom stereocenters. The molecule has 2 rings (SSSR count). The van der Waals surface area contributed by atoms with Gasteiger partial charge in [0, 0.05) is 18.1 Å². The lowest BCUT2D eigenvalue weighted by molar-refractivity contribution is -0.124. The summed E-state index contributed by atoms with van der Waals surface area (Å²) in [6.07, 6.45) is 3.74. The van der Waals surface area contributed by atoms with Crippen molar-refractivity contribution in [2.75, 3.05) is 33.2 Å². The summed E-state index contributed by atoms with van der Waals surface area (Å²) in [6.45, 7) is 3.64. The quantitative estimate of drug-likeness (QED) is 0.634. The summed E-state index contributed by atoms with van der Waals surface area (Å²) in [6, 6.07) is 7.12. The van der Waals surface area contributed by atoms with E-state index in [-0.39, 0.29) is 30.1 Å². The maximum atomic E-state index is 12.5. The summed E-state index contributed by atoms with van der Waals surface area (Å²) < 4.78 is 0. The average Bonchev–Trinajstić information content (AvgIpc) is 2.89. The molecule has 146 valence electrons. The lowest BCUT2D eigenvalue weighted by atomic mass is 10.2. The summed E-state index contributed by atoms with van der Waals surface area (Å²) in [5.41, 5.74) is 0.688. The van der Waals surface area contributed by atoms with Crippen molar-refractivity contribution >= 4 is 46.5 Å². The molecule has 1 saturated heterocycles. The molecule has 0 unspecified atom stereocenters. The van der Waals surface area contributed by atoms with Crippen LogP contribution < -0.4 is 5.32 Å². The molecule has 1 aliphatic heterocycles. The van der Waals surface area contributed by atoms with Crippen molar-refractivity contribution in [3.63, 3.8) is 0 Å². The highest BCUT2D eigenvalue weighted by Gasteiger charge is 2.34. The second-order valence-electron chi connectivity index (χ2n) is 6.30. The number of hydrogen-bond donors (Lipinski definition) is 1. The Kier molecular flexibility index (Phi) is 8.34. The Morgan fingerprint density at radius 2 is 2.07 bits per heavy atom. The van der Waals surface area contributed by atoms with Gasteiger partial charge in [-0.05, 0) is 49.5 Å². The van der Waals surface area contributed by atoms with Crippen LogP contribution in [0.25, 0.3) is 6.08 Å². The number of rotatable bonds is 9. The van der Waals surface area contributed by atoms with Crippen LogP contribution in [-0.4, -0.2) is 60.1 Å². The van der Waals surface area contributed by atoms with Gasteiger partial charge in [0.1, 0.15) is 0 Å². The van der Waals surface area contributed by atoms with Crippen LogP contribution >= 0.6 is 23.4 Å². The molecule has 0 spiro atoms. The minimum atomic E-state index is -0.362. The lowest BCUT2D eigenvalue weighted by Crippen LogP contribution is -2.41. The number of hydrogen-bond acceptors (Lipinski definition) is 5. The number of carbonyl (C=O) groups excluding carboxylic acids is 3. The normalized spacial score (nSPS) is 15.9. The van der Waals surface area contributed by atoms with Crippen LogP contribution in [0.4, 0.5) is 4.79 Å². The number of likely N-dealkylation sites (N-methyl/N-ethyl adjacent to an activating group) is 1. The third kappa shape index (κ3) is 6.37. The highest BCUT2D eigenvalue weighted by molar-refractivity contribution is 8.18. The first-order chi connectivity index (χ1) is 12.9. The molecule has 1 N–H and O–H groups in total. The fourth-order valence-corrected chi connectivity index (χ4v) is 3.59. The van der Waals surface area contributed by atoms with E-state index in [4.69, 9.17) is 11.6 Å². The van der Waals surface area contributed by atoms with E-state index < -0.39 is 0 Å². The molecule has 6 nitrogen and oxygen atoms in total. The summed E-state index contributed by atoms with van der Waals surface area (Å²) >= 11 is 6.98. The first kappa shape index (κ1) is 21.5. The van der Waals surface area contributed by atoms with Crippen molar-refractivity contribution in [2.45, 2.75) is 19.8 Å². The molecule has 1 fully saturated rings. The van der Waals surface area contributed by atoms with E-state index in [1.807, 2.05) is 18.0 Å². The smallest absolute Gasteiger partial charge is 0.293 e. The molecule has 3 amide bonds. The molecular formula is C19H24ClN3O3S. The molecule has 1 aromatic rings. The van der Waals surface area contributed by atoms with Gasteiger partial charge in [0.15, 0.2) is 0 Å². The number of benzene rings is 1. The SMILES string of the molecule is CCCCN(C)CC(=O)NCCN1C(=O)S/C(=C\c2ccccc2Cl)C1=O. The standard InChI is InChI=1S/C19H24ClN3O3S/c1-3-4-10-22(2)13-17(24)21-9-11-23-18(25)16(27-19(23)26)12-14-7-5-6-8-15(14)20/h5-8,12H,3-4,9-11,13H2,1-2H3,(H,21,24)/b16-12-. The molecule has 0 aliphatic carbocycles. The number of nitrogens with one attached hydrogen (secondary N) is 1. The number of unbranched alkanes of at least 4 members (excludes halogenated alkanes) is 1. The second-order valence-corrected chi connectivity index (χ2v) is 7.70. The fraction of sp³-hybridized carbons (Fsp3) is 0.421. The molecule has 27 heavy (non-hydrogen) atoms. The highest BCUT2D eigenvalue weighted by Crippen LogP contribution is 2.33. The molecule has 1 aliphatic rings.